The minimum absolute atomic E-state index is 0.0337. The number of nitriles is 2. The molecule has 1 aliphatic heterocycles. The van der Waals surface area contributed by atoms with Crippen molar-refractivity contribution in [1.82, 2.24) is 15.2 Å². The molecule has 1 N–H and O–H groups in total. The van der Waals surface area contributed by atoms with Crippen LogP contribution in [-0.4, -0.2) is 49.0 Å². The fourth-order valence-corrected chi connectivity index (χ4v) is 5.38. The summed E-state index contributed by atoms with van der Waals surface area (Å²) in [5.41, 5.74) is 3.96. The largest absolute Gasteiger partial charge is 0.354 e. The molecule has 1 aliphatic rings. The van der Waals surface area contributed by atoms with Gasteiger partial charge in [-0.3, -0.25) is 4.79 Å². The number of anilines is 1. The molecule has 1 amide bonds. The van der Waals surface area contributed by atoms with E-state index in [9.17, 15) is 15.3 Å². The number of aromatic nitrogens is 1. The number of hydrogen-bond acceptors (Lipinski definition) is 7. The van der Waals surface area contributed by atoms with Crippen molar-refractivity contribution < 1.29 is 4.79 Å². The van der Waals surface area contributed by atoms with Gasteiger partial charge in [0.2, 0.25) is 5.91 Å². The summed E-state index contributed by atoms with van der Waals surface area (Å²) in [7, 11) is 2.12. The molecular weight excluding hydrogens is 480 g/mol. The van der Waals surface area contributed by atoms with Gasteiger partial charge < -0.3 is 15.1 Å². The molecule has 8 heteroatoms. The van der Waals surface area contributed by atoms with E-state index in [1.165, 1.54) is 11.8 Å². The normalized spacial score (nSPS) is 14.5. The first-order valence-electron chi connectivity index (χ1n) is 12.9. The summed E-state index contributed by atoms with van der Waals surface area (Å²) >= 11 is 1.54. The van der Waals surface area contributed by atoms with Gasteiger partial charge in [-0.1, -0.05) is 52.0 Å². The Morgan fingerprint density at radius 1 is 1.05 bits per heavy atom. The molecule has 1 aromatic heterocycles. The van der Waals surface area contributed by atoms with Crippen molar-refractivity contribution in [2.24, 2.45) is 5.41 Å². The Kier molecular flexibility index (Phi) is 9.97. The first kappa shape index (κ1) is 28.5. The molecule has 0 radical (unpaired) electrons. The van der Waals surface area contributed by atoms with Gasteiger partial charge in [-0.2, -0.15) is 10.5 Å². The van der Waals surface area contributed by atoms with Gasteiger partial charge in [0.05, 0.1) is 11.1 Å². The molecule has 2 heterocycles. The van der Waals surface area contributed by atoms with Crippen LogP contribution < -0.4 is 10.2 Å². The van der Waals surface area contributed by atoms with Crippen LogP contribution in [0.3, 0.4) is 0 Å². The molecule has 0 aliphatic carbocycles. The predicted octanol–water partition coefficient (Wildman–Crippen LogP) is 4.87. The smallest absolute Gasteiger partial charge is 0.220 e. The fourth-order valence-electron chi connectivity index (χ4n) is 4.42. The summed E-state index contributed by atoms with van der Waals surface area (Å²) in [5.74, 6) is 1.43. The monoisotopic (exact) mass is 518 g/mol. The average Bonchev–Trinajstić information content (AvgIpc) is 3.08. The number of benzene rings is 1. The number of amides is 1. The van der Waals surface area contributed by atoms with Gasteiger partial charge in [-0.15, -0.1) is 11.8 Å². The van der Waals surface area contributed by atoms with E-state index in [0.717, 1.165) is 49.3 Å². The molecule has 0 saturated carbocycles. The number of hydrogen-bond donors (Lipinski definition) is 1. The van der Waals surface area contributed by atoms with Crippen molar-refractivity contribution in [2.75, 3.05) is 38.1 Å². The Balaban J connectivity index is 1.76. The number of carbonyl (C=O) groups excluding carboxylic acids is 1. The molecule has 196 valence electrons. The second-order valence-corrected chi connectivity index (χ2v) is 11.8. The highest BCUT2D eigenvalue weighted by molar-refractivity contribution is 7.98. The van der Waals surface area contributed by atoms with Crippen LogP contribution in [0.4, 0.5) is 5.82 Å². The molecule has 0 unspecified atom stereocenters. The maximum Gasteiger partial charge on any atom is 0.220 e. The van der Waals surface area contributed by atoms with Crippen molar-refractivity contribution in [2.45, 2.75) is 64.3 Å². The lowest BCUT2D eigenvalue weighted by Crippen LogP contribution is -2.30. The lowest BCUT2D eigenvalue weighted by Gasteiger charge is -2.25. The van der Waals surface area contributed by atoms with E-state index < -0.39 is 0 Å². The third kappa shape index (κ3) is 7.95. The quantitative estimate of drug-likeness (QED) is 0.498. The van der Waals surface area contributed by atoms with Crippen molar-refractivity contribution in [3.63, 3.8) is 0 Å². The highest BCUT2D eigenvalue weighted by Gasteiger charge is 2.24. The van der Waals surface area contributed by atoms with Gasteiger partial charge >= 0.3 is 0 Å². The summed E-state index contributed by atoms with van der Waals surface area (Å²) in [6.07, 6.45) is 2.12. The van der Waals surface area contributed by atoms with Crippen molar-refractivity contribution in [3.05, 3.63) is 52.1 Å². The lowest BCUT2D eigenvalue weighted by molar-refractivity contribution is -0.122. The van der Waals surface area contributed by atoms with Crippen LogP contribution in [-0.2, 0) is 23.5 Å². The van der Waals surface area contributed by atoms with Crippen LogP contribution in [0, 0.1) is 28.1 Å². The molecule has 3 rings (SSSR count). The SMILES string of the molecule is CCc1c(C#N)c(SCc2ccc(CNC(=O)CC(C)(C)C)cc2)nc(N2CCCN(C)CC2)c1C#N. The van der Waals surface area contributed by atoms with E-state index in [1.807, 2.05) is 19.1 Å². The molecule has 0 bridgehead atoms. The number of nitrogens with one attached hydrogen (secondary N) is 1. The Bertz CT molecular complexity index is 1170. The number of likely N-dealkylation sites (N-methyl/N-ethyl adjacent to an activating group) is 1. The third-order valence-electron chi connectivity index (χ3n) is 6.42. The van der Waals surface area contributed by atoms with Crippen LogP contribution in [0.25, 0.3) is 0 Å². The van der Waals surface area contributed by atoms with Crippen molar-refractivity contribution in [1.29, 1.82) is 10.5 Å². The van der Waals surface area contributed by atoms with E-state index in [2.05, 4.69) is 67.2 Å². The third-order valence-corrected chi connectivity index (χ3v) is 7.47. The van der Waals surface area contributed by atoms with Gasteiger partial charge in [0.15, 0.2) is 0 Å². The highest BCUT2D eigenvalue weighted by atomic mass is 32.2. The average molecular weight is 519 g/mol. The van der Waals surface area contributed by atoms with Crippen molar-refractivity contribution >= 4 is 23.5 Å². The maximum absolute atomic E-state index is 12.1. The van der Waals surface area contributed by atoms with E-state index in [-0.39, 0.29) is 11.3 Å². The first-order valence-corrected chi connectivity index (χ1v) is 13.9. The summed E-state index contributed by atoms with van der Waals surface area (Å²) in [4.78, 5) is 21.5. The molecule has 1 saturated heterocycles. The fraction of sp³-hybridized carbons (Fsp3) is 0.517. The molecule has 7 nitrogen and oxygen atoms in total. The Morgan fingerprint density at radius 2 is 1.73 bits per heavy atom. The number of nitrogens with zero attached hydrogens (tertiary/aromatic N) is 5. The van der Waals surface area contributed by atoms with Gasteiger partial charge in [-0.05, 0) is 48.5 Å². The molecule has 1 fully saturated rings. The highest BCUT2D eigenvalue weighted by Crippen LogP contribution is 2.34. The van der Waals surface area contributed by atoms with E-state index >= 15 is 0 Å². The zero-order valence-electron chi connectivity index (χ0n) is 22.7. The Hall–Kier alpha value is -3.07. The molecule has 0 spiro atoms. The first-order chi connectivity index (χ1) is 17.6. The van der Waals surface area contributed by atoms with Gasteiger partial charge in [0.1, 0.15) is 23.0 Å². The maximum atomic E-state index is 12.1. The van der Waals surface area contributed by atoms with Crippen LogP contribution in [0.5, 0.6) is 0 Å². The number of thioether (sulfide) groups is 1. The molecule has 2 aromatic rings. The van der Waals surface area contributed by atoms with Crippen molar-refractivity contribution in [3.8, 4) is 12.1 Å². The van der Waals surface area contributed by atoms with E-state index in [4.69, 9.17) is 4.98 Å². The van der Waals surface area contributed by atoms with Crippen LogP contribution in [0.2, 0.25) is 0 Å². The minimum atomic E-state index is -0.0337. The Morgan fingerprint density at radius 3 is 2.35 bits per heavy atom. The molecule has 37 heavy (non-hydrogen) atoms. The summed E-state index contributed by atoms with van der Waals surface area (Å²) < 4.78 is 0. The zero-order valence-corrected chi connectivity index (χ0v) is 23.5. The van der Waals surface area contributed by atoms with Crippen LogP contribution in [0.1, 0.15) is 68.4 Å². The van der Waals surface area contributed by atoms with Crippen LogP contribution in [0.15, 0.2) is 29.3 Å². The van der Waals surface area contributed by atoms with E-state index in [0.29, 0.717) is 47.1 Å². The van der Waals surface area contributed by atoms with Gasteiger partial charge in [0.25, 0.3) is 0 Å². The number of carbonyl (C=O) groups is 1. The molecule has 1 aromatic carbocycles. The standard InChI is InChI=1S/C29H38N6OS/c1-6-23-24(17-30)27(35-13-7-12-34(5)14-15-35)33-28(25(23)18-31)37-20-22-10-8-21(9-11-22)19-32-26(36)16-29(2,3)4/h8-11H,6-7,12-16,19-20H2,1-5H3,(H,32,36). The number of pyridine rings is 1. The summed E-state index contributed by atoms with van der Waals surface area (Å²) in [6, 6.07) is 12.8. The zero-order chi connectivity index (χ0) is 27.0. The summed E-state index contributed by atoms with van der Waals surface area (Å²) in [5, 5.41) is 23.6. The molecular formula is C29H38N6OS. The molecule has 0 atom stereocenters. The van der Waals surface area contributed by atoms with Gasteiger partial charge in [0, 0.05) is 38.4 Å². The topological polar surface area (TPSA) is 96.0 Å². The Labute approximate surface area is 225 Å². The number of rotatable bonds is 8. The van der Waals surface area contributed by atoms with Crippen LogP contribution >= 0.6 is 11.8 Å². The van der Waals surface area contributed by atoms with E-state index in [1.54, 1.807) is 0 Å². The lowest BCUT2D eigenvalue weighted by atomic mass is 9.92. The second-order valence-electron chi connectivity index (χ2n) is 10.8. The predicted molar refractivity (Wildman–Crippen MR) is 149 cm³/mol. The minimum Gasteiger partial charge on any atom is -0.354 e. The summed E-state index contributed by atoms with van der Waals surface area (Å²) in [6.45, 7) is 12.3. The van der Waals surface area contributed by atoms with Gasteiger partial charge in [-0.25, -0.2) is 4.98 Å². The second kappa shape index (κ2) is 12.9.